The second kappa shape index (κ2) is 5.66. The minimum Gasteiger partial charge on any atom is -0.394 e. The summed E-state index contributed by atoms with van der Waals surface area (Å²) in [6, 6.07) is 0. The van der Waals surface area contributed by atoms with Gasteiger partial charge in [0.05, 0.1) is 25.4 Å². The molecule has 1 rings (SSSR count). The molecule has 1 fully saturated rings. The fourth-order valence-corrected chi connectivity index (χ4v) is 2.00. The Labute approximate surface area is 85.2 Å². The highest BCUT2D eigenvalue weighted by Gasteiger charge is 2.35. The summed E-state index contributed by atoms with van der Waals surface area (Å²) in [5.74, 6) is 0. The van der Waals surface area contributed by atoms with Gasteiger partial charge in [-0.05, 0) is 25.9 Å². The van der Waals surface area contributed by atoms with Crippen LogP contribution in [-0.4, -0.2) is 58.7 Å². The van der Waals surface area contributed by atoms with Crippen LogP contribution >= 0.6 is 0 Å². The summed E-state index contributed by atoms with van der Waals surface area (Å²) in [6.45, 7) is 1.18. The van der Waals surface area contributed by atoms with E-state index in [1.165, 1.54) is 12.8 Å². The van der Waals surface area contributed by atoms with Crippen molar-refractivity contribution in [2.24, 2.45) is 0 Å². The molecule has 3 N–H and O–H groups in total. The predicted octanol–water partition coefficient (Wildman–Crippen LogP) is -0.422. The molecule has 0 aromatic heterocycles. The molecule has 0 aromatic rings. The number of rotatable bonds is 4. The molecule has 4 nitrogen and oxygen atoms in total. The van der Waals surface area contributed by atoms with E-state index in [2.05, 4.69) is 0 Å². The molecule has 0 bridgehead atoms. The van der Waals surface area contributed by atoms with E-state index in [9.17, 15) is 15.3 Å². The Kier molecular flexibility index (Phi) is 4.81. The van der Waals surface area contributed by atoms with E-state index in [1.807, 2.05) is 4.90 Å². The zero-order chi connectivity index (χ0) is 10.4. The third-order valence-corrected chi connectivity index (χ3v) is 3.16. The van der Waals surface area contributed by atoms with Gasteiger partial charge in [-0.25, -0.2) is 0 Å². The molecule has 1 saturated heterocycles. The van der Waals surface area contributed by atoms with Crippen LogP contribution in [0.5, 0.6) is 0 Å². The van der Waals surface area contributed by atoms with Gasteiger partial charge in [-0.1, -0.05) is 12.8 Å². The van der Waals surface area contributed by atoms with Crippen molar-refractivity contribution >= 4 is 0 Å². The highest BCUT2D eigenvalue weighted by Crippen LogP contribution is 2.19. The molecule has 0 unspecified atom stereocenters. The molecule has 1 aliphatic heterocycles. The zero-order valence-electron chi connectivity index (χ0n) is 8.65. The molecule has 0 aliphatic carbocycles. The minimum absolute atomic E-state index is 0.181. The van der Waals surface area contributed by atoms with Gasteiger partial charge in [0.2, 0.25) is 0 Å². The van der Waals surface area contributed by atoms with E-state index in [0.29, 0.717) is 0 Å². The highest BCUT2D eigenvalue weighted by atomic mass is 16.3. The lowest BCUT2D eigenvalue weighted by Gasteiger charge is -2.39. The maximum absolute atomic E-state index is 9.26. The van der Waals surface area contributed by atoms with Crippen molar-refractivity contribution in [3.05, 3.63) is 0 Å². The Balaban J connectivity index is 2.64. The van der Waals surface area contributed by atoms with Crippen LogP contribution in [0.1, 0.15) is 25.7 Å². The number of aliphatic hydroxyl groups excluding tert-OH is 3. The van der Waals surface area contributed by atoms with E-state index in [1.54, 1.807) is 0 Å². The van der Waals surface area contributed by atoms with Crippen LogP contribution in [-0.2, 0) is 0 Å². The van der Waals surface area contributed by atoms with Crippen LogP contribution in [0.15, 0.2) is 0 Å². The lowest BCUT2D eigenvalue weighted by Crippen LogP contribution is -2.57. The van der Waals surface area contributed by atoms with Crippen molar-refractivity contribution in [3.63, 3.8) is 0 Å². The topological polar surface area (TPSA) is 63.9 Å². The molecule has 0 amide bonds. The highest BCUT2D eigenvalue weighted by molar-refractivity contribution is 4.90. The fourth-order valence-electron chi connectivity index (χ4n) is 2.00. The number of hydrogen-bond acceptors (Lipinski definition) is 4. The molecule has 0 atom stereocenters. The third kappa shape index (κ3) is 2.45. The summed E-state index contributed by atoms with van der Waals surface area (Å²) >= 11 is 0. The molecule has 0 saturated carbocycles. The second-order valence-corrected chi connectivity index (χ2v) is 4.10. The number of likely N-dealkylation sites (tertiary alicyclic amines) is 1. The van der Waals surface area contributed by atoms with Crippen molar-refractivity contribution in [1.29, 1.82) is 0 Å². The van der Waals surface area contributed by atoms with Gasteiger partial charge >= 0.3 is 0 Å². The average molecular weight is 203 g/mol. The lowest BCUT2D eigenvalue weighted by molar-refractivity contribution is -0.0461. The van der Waals surface area contributed by atoms with Gasteiger partial charge in [-0.2, -0.15) is 0 Å². The fraction of sp³-hybridized carbons (Fsp3) is 1.00. The van der Waals surface area contributed by atoms with E-state index in [0.717, 1.165) is 25.9 Å². The summed E-state index contributed by atoms with van der Waals surface area (Å²) in [5, 5.41) is 27.8. The third-order valence-electron chi connectivity index (χ3n) is 3.16. The second-order valence-electron chi connectivity index (χ2n) is 4.10. The molecule has 0 radical (unpaired) electrons. The Hall–Kier alpha value is -0.160. The van der Waals surface area contributed by atoms with Crippen molar-refractivity contribution in [3.8, 4) is 0 Å². The van der Waals surface area contributed by atoms with Crippen molar-refractivity contribution < 1.29 is 15.3 Å². The molecule has 14 heavy (non-hydrogen) atoms. The smallest absolute Gasteiger partial charge is 0.0906 e. The van der Waals surface area contributed by atoms with E-state index in [-0.39, 0.29) is 19.8 Å². The zero-order valence-corrected chi connectivity index (χ0v) is 8.65. The van der Waals surface area contributed by atoms with Gasteiger partial charge in [0.15, 0.2) is 0 Å². The Morgan fingerprint density at radius 1 is 0.786 bits per heavy atom. The number of hydrogen-bond donors (Lipinski definition) is 3. The van der Waals surface area contributed by atoms with Crippen LogP contribution in [0.2, 0.25) is 0 Å². The Morgan fingerprint density at radius 3 is 1.57 bits per heavy atom. The Bertz CT molecular complexity index is 143. The van der Waals surface area contributed by atoms with Crippen molar-refractivity contribution in [2.75, 3.05) is 32.9 Å². The van der Waals surface area contributed by atoms with Crippen molar-refractivity contribution in [1.82, 2.24) is 4.90 Å². The first-order chi connectivity index (χ1) is 6.79. The quantitative estimate of drug-likeness (QED) is 0.580. The molecule has 0 aromatic carbocycles. The van der Waals surface area contributed by atoms with E-state index >= 15 is 0 Å². The van der Waals surface area contributed by atoms with Gasteiger partial charge in [-0.15, -0.1) is 0 Å². The maximum Gasteiger partial charge on any atom is 0.0906 e. The molecule has 4 heteroatoms. The first kappa shape index (κ1) is 11.9. The van der Waals surface area contributed by atoms with Gasteiger partial charge in [-0.3, -0.25) is 4.90 Å². The summed E-state index contributed by atoms with van der Waals surface area (Å²) in [6.07, 6.45) is 4.58. The van der Waals surface area contributed by atoms with Gasteiger partial charge in [0.25, 0.3) is 0 Å². The standard InChI is InChI=1S/C10H21NO3/c12-7-10(8-13,9-14)11-5-3-1-2-4-6-11/h12-14H,1-9H2. The monoisotopic (exact) mass is 203 g/mol. The molecule has 1 heterocycles. The van der Waals surface area contributed by atoms with Crippen molar-refractivity contribution in [2.45, 2.75) is 31.2 Å². The molecule has 1 aliphatic rings. The van der Waals surface area contributed by atoms with Crippen LogP contribution in [0.25, 0.3) is 0 Å². The van der Waals surface area contributed by atoms with Gasteiger partial charge in [0, 0.05) is 0 Å². The normalized spacial score (nSPS) is 20.8. The Morgan fingerprint density at radius 2 is 1.21 bits per heavy atom. The summed E-state index contributed by atoms with van der Waals surface area (Å²) in [7, 11) is 0. The minimum atomic E-state index is -0.815. The molecular formula is C10H21NO3. The first-order valence-electron chi connectivity index (χ1n) is 5.37. The largest absolute Gasteiger partial charge is 0.394 e. The van der Waals surface area contributed by atoms with Crippen LogP contribution in [0.3, 0.4) is 0 Å². The number of aliphatic hydroxyl groups is 3. The van der Waals surface area contributed by atoms with Gasteiger partial charge < -0.3 is 15.3 Å². The van der Waals surface area contributed by atoms with Gasteiger partial charge in [0.1, 0.15) is 0 Å². The molecular weight excluding hydrogens is 182 g/mol. The van der Waals surface area contributed by atoms with E-state index < -0.39 is 5.54 Å². The summed E-state index contributed by atoms with van der Waals surface area (Å²) < 4.78 is 0. The lowest BCUT2D eigenvalue weighted by atomic mass is 10.0. The summed E-state index contributed by atoms with van der Waals surface area (Å²) in [5.41, 5.74) is -0.815. The summed E-state index contributed by atoms with van der Waals surface area (Å²) in [4.78, 5) is 2.03. The average Bonchev–Trinajstić information content (AvgIpc) is 2.51. The maximum atomic E-state index is 9.26. The van der Waals surface area contributed by atoms with E-state index in [4.69, 9.17) is 0 Å². The van der Waals surface area contributed by atoms with Crippen LogP contribution < -0.4 is 0 Å². The first-order valence-corrected chi connectivity index (χ1v) is 5.37. The predicted molar refractivity (Wildman–Crippen MR) is 54.0 cm³/mol. The van der Waals surface area contributed by atoms with Crippen LogP contribution in [0, 0.1) is 0 Å². The molecule has 0 spiro atoms. The van der Waals surface area contributed by atoms with Crippen LogP contribution in [0.4, 0.5) is 0 Å². The number of nitrogens with zero attached hydrogens (tertiary/aromatic N) is 1. The SMILES string of the molecule is OCC(CO)(CO)N1CCCCCC1. The molecule has 84 valence electrons.